The fraction of sp³-hybridized carbons (Fsp3) is 0.0588. The quantitative estimate of drug-likeness (QED) is 0.386. The first-order chi connectivity index (χ1) is 13.2. The summed E-state index contributed by atoms with van der Waals surface area (Å²) in [6.45, 7) is 1.51. The van der Waals surface area contributed by atoms with Gasteiger partial charge in [-0.3, -0.25) is 0 Å². The largest absolute Gasteiger partial charge is 3.00 e. The van der Waals surface area contributed by atoms with Crippen molar-refractivity contribution in [1.29, 1.82) is 0 Å². The Hall–Kier alpha value is -3.08. The maximum Gasteiger partial charge on any atom is 3.00 e. The van der Waals surface area contributed by atoms with Crippen LogP contribution >= 0.6 is 0 Å². The molecule has 3 rings (SSSR count). The molecular weight excluding hydrogens is 456 g/mol. The monoisotopic (exact) mass is 468 g/mol. The molecule has 1 radical (unpaired) electrons. The number of carbonyl (C=O) groups excluding carboxylic acids is 1. The van der Waals surface area contributed by atoms with E-state index in [4.69, 9.17) is 0 Å². The van der Waals surface area contributed by atoms with Crippen molar-refractivity contribution >= 4 is 27.5 Å². The van der Waals surface area contributed by atoms with Crippen LogP contribution in [0, 0.1) is 6.92 Å². The Morgan fingerprint density at radius 3 is 2.23 bits per heavy atom. The summed E-state index contributed by atoms with van der Waals surface area (Å²) in [6.07, 6.45) is 0. The molecule has 13 heteroatoms. The Morgan fingerprint density at radius 2 is 1.67 bits per heavy atom. The summed E-state index contributed by atoms with van der Waals surface area (Å²) >= 11 is 0. The Kier molecular flexibility index (Phi) is 8.00. The van der Waals surface area contributed by atoms with E-state index in [1.54, 1.807) is 6.07 Å². The average Bonchev–Trinajstić information content (AvgIpc) is 2.93. The number of rotatable bonds is 5. The summed E-state index contributed by atoms with van der Waals surface area (Å²) in [5, 5.41) is 35.3. The second-order valence-electron chi connectivity index (χ2n) is 5.60. The predicted molar refractivity (Wildman–Crippen MR) is 92.6 cm³/mol. The number of benzene rings is 2. The number of aromatic nitrogens is 2. The standard InChI is InChI=1S/C17H14N4O6S.Cr.H2O/c1-10-15(19-18-14-5-3-2-4-13(14)17(23)24)16(22)21(20-10)11-6-8-12(9-7-11)28(25,26)27;;/h2-9,22H,1H3,(H,23,24)(H,25,26,27);;1H2/q;+3;/p-4. The molecule has 1 heterocycles. The smallest absolute Gasteiger partial charge is 0.870 e. The van der Waals surface area contributed by atoms with E-state index in [1.807, 2.05) is 0 Å². The SMILES string of the molecule is Cc1nn(-c2ccc(S(=O)(=O)[O-])cc2)c([O-])c1N=Nc1ccccc1C(=O)[O-].[Cr+3].[OH-]. The van der Waals surface area contributed by atoms with Gasteiger partial charge in [0.25, 0.3) is 0 Å². The summed E-state index contributed by atoms with van der Waals surface area (Å²) in [5.74, 6) is -2.08. The third kappa shape index (κ3) is 5.09. The molecule has 0 saturated carbocycles. The number of carboxylic acids is 1. The minimum atomic E-state index is -4.61. The summed E-state index contributed by atoms with van der Waals surface area (Å²) < 4.78 is 33.9. The number of carbonyl (C=O) groups is 1. The molecule has 0 aliphatic rings. The fourth-order valence-corrected chi connectivity index (χ4v) is 2.85. The van der Waals surface area contributed by atoms with Crippen molar-refractivity contribution in [2.75, 3.05) is 0 Å². The van der Waals surface area contributed by atoms with Gasteiger partial charge in [0, 0.05) is 11.4 Å². The van der Waals surface area contributed by atoms with Crippen LogP contribution in [0.3, 0.4) is 0 Å². The van der Waals surface area contributed by atoms with Gasteiger partial charge >= 0.3 is 17.4 Å². The number of hydrogen-bond donors (Lipinski definition) is 0. The summed E-state index contributed by atoms with van der Waals surface area (Å²) in [7, 11) is -4.61. The van der Waals surface area contributed by atoms with Gasteiger partial charge < -0.3 is 25.0 Å². The topological polar surface area (TPSA) is 193 Å². The van der Waals surface area contributed by atoms with E-state index in [0.717, 1.165) is 16.8 Å². The first-order valence-corrected chi connectivity index (χ1v) is 9.14. The first kappa shape index (κ1) is 25.0. The second-order valence-corrected chi connectivity index (χ2v) is 6.98. The van der Waals surface area contributed by atoms with E-state index >= 15 is 0 Å². The predicted octanol–water partition coefficient (Wildman–Crippen LogP) is 0.758. The maximum absolute atomic E-state index is 12.6. The molecule has 2 aromatic carbocycles. The molecule has 0 aliphatic carbocycles. The van der Waals surface area contributed by atoms with Crippen LogP contribution in [0.25, 0.3) is 5.69 Å². The molecule has 0 aliphatic heterocycles. The number of nitrogens with zero attached hydrogens (tertiary/aromatic N) is 4. The van der Waals surface area contributed by atoms with Crippen molar-refractivity contribution in [1.82, 2.24) is 9.78 Å². The molecule has 0 amide bonds. The van der Waals surface area contributed by atoms with Gasteiger partial charge in [0.2, 0.25) is 0 Å². The van der Waals surface area contributed by atoms with E-state index in [2.05, 4.69) is 15.3 Å². The van der Waals surface area contributed by atoms with Crippen molar-refractivity contribution in [3.63, 3.8) is 0 Å². The Morgan fingerprint density at radius 1 is 1.07 bits per heavy atom. The molecule has 0 saturated heterocycles. The van der Waals surface area contributed by atoms with Crippen molar-refractivity contribution in [3.8, 4) is 11.6 Å². The molecule has 3 aromatic rings. The van der Waals surface area contributed by atoms with Crippen LogP contribution in [0.1, 0.15) is 16.1 Å². The van der Waals surface area contributed by atoms with E-state index < -0.39 is 26.9 Å². The minimum Gasteiger partial charge on any atom is -0.870 e. The van der Waals surface area contributed by atoms with Gasteiger partial charge in [-0.1, -0.05) is 18.2 Å². The van der Waals surface area contributed by atoms with Crippen LogP contribution in [0.5, 0.6) is 5.88 Å². The van der Waals surface area contributed by atoms with Gasteiger partial charge in [-0.15, -0.1) is 10.2 Å². The zero-order valence-corrected chi connectivity index (χ0v) is 17.2. The van der Waals surface area contributed by atoms with Crippen molar-refractivity contribution in [3.05, 3.63) is 59.8 Å². The van der Waals surface area contributed by atoms with Crippen LogP contribution in [-0.2, 0) is 27.5 Å². The van der Waals surface area contributed by atoms with Gasteiger partial charge in [0.1, 0.15) is 15.8 Å². The van der Waals surface area contributed by atoms with Gasteiger partial charge in [0.05, 0.1) is 27.9 Å². The summed E-state index contributed by atoms with van der Waals surface area (Å²) in [6, 6.07) is 10.4. The van der Waals surface area contributed by atoms with Crippen LogP contribution in [0.2, 0.25) is 0 Å². The number of aryl methyl sites for hydroxylation is 1. The summed E-state index contributed by atoms with van der Waals surface area (Å²) in [4.78, 5) is 10.7. The molecule has 0 fully saturated rings. The molecule has 0 bridgehead atoms. The first-order valence-electron chi connectivity index (χ1n) is 7.73. The Bertz CT molecular complexity index is 1190. The molecule has 1 N–H and O–H groups in total. The van der Waals surface area contributed by atoms with Crippen LogP contribution in [-0.4, -0.2) is 34.2 Å². The number of carboxylic acid groups (broad SMARTS) is 1. The van der Waals surface area contributed by atoms with Crippen molar-refractivity contribution in [2.45, 2.75) is 11.8 Å². The molecule has 0 atom stereocenters. The Balaban J connectivity index is 0.00000225. The number of azo groups is 1. The molecule has 1 aromatic heterocycles. The maximum atomic E-state index is 12.6. The van der Waals surface area contributed by atoms with Crippen LogP contribution in [0.4, 0.5) is 11.4 Å². The fourth-order valence-electron chi connectivity index (χ4n) is 2.38. The van der Waals surface area contributed by atoms with Crippen molar-refractivity contribution < 1.29 is 50.8 Å². The van der Waals surface area contributed by atoms with Crippen LogP contribution in [0.15, 0.2) is 63.7 Å². The zero-order chi connectivity index (χ0) is 20.5. The molecule has 155 valence electrons. The van der Waals surface area contributed by atoms with E-state index in [-0.39, 0.29) is 51.2 Å². The van der Waals surface area contributed by atoms with Gasteiger partial charge in [-0.25, -0.2) is 13.1 Å². The normalized spacial score (nSPS) is 11.0. The van der Waals surface area contributed by atoms with E-state index in [9.17, 15) is 28.0 Å². The molecular formula is C17H12CrN4O7S-. The van der Waals surface area contributed by atoms with Gasteiger partial charge in [-0.05, 0) is 37.3 Å². The van der Waals surface area contributed by atoms with Crippen LogP contribution < -0.4 is 10.2 Å². The second kappa shape index (κ2) is 9.61. The molecule has 0 spiro atoms. The third-order valence-electron chi connectivity index (χ3n) is 3.74. The number of aromatic carboxylic acids is 1. The number of hydrogen-bond acceptors (Lipinski definition) is 10. The minimum absolute atomic E-state index is 0. The van der Waals surface area contributed by atoms with Crippen molar-refractivity contribution in [2.24, 2.45) is 10.2 Å². The van der Waals surface area contributed by atoms with E-state index in [1.165, 1.54) is 37.3 Å². The van der Waals surface area contributed by atoms with Gasteiger partial charge in [0.15, 0.2) is 0 Å². The Labute approximate surface area is 181 Å². The average molecular weight is 468 g/mol. The third-order valence-corrected chi connectivity index (χ3v) is 4.59. The van der Waals surface area contributed by atoms with Gasteiger partial charge in [-0.2, -0.15) is 5.10 Å². The zero-order valence-electron chi connectivity index (χ0n) is 15.1. The van der Waals surface area contributed by atoms with E-state index in [0.29, 0.717) is 0 Å². The molecule has 0 unspecified atom stereocenters. The molecule has 30 heavy (non-hydrogen) atoms. The molecule has 11 nitrogen and oxygen atoms in total. The summed E-state index contributed by atoms with van der Waals surface area (Å²) in [5.41, 5.74) is 0.156.